The van der Waals surface area contributed by atoms with E-state index < -0.39 is 5.97 Å². The summed E-state index contributed by atoms with van der Waals surface area (Å²) in [4.78, 5) is 30.2. The van der Waals surface area contributed by atoms with Gasteiger partial charge >= 0.3 is 5.97 Å². The molecule has 1 aromatic carbocycles. The average Bonchev–Trinajstić information content (AvgIpc) is 3.43. The summed E-state index contributed by atoms with van der Waals surface area (Å²) in [6.07, 6.45) is 6.75. The fourth-order valence-corrected chi connectivity index (χ4v) is 6.01. The normalized spacial score (nSPS) is 21.9. The second kappa shape index (κ2) is 11.1. The summed E-state index contributed by atoms with van der Waals surface area (Å²) in [5, 5.41) is 22.8. The molecule has 41 heavy (non-hydrogen) atoms. The molecular weight excluding hydrogens is 530 g/mol. The highest BCUT2D eigenvalue weighted by atomic mass is 16.5. The molecule has 1 saturated heterocycles. The Kier molecular flexibility index (Phi) is 7.30. The number of methoxy groups -OCH3 is 3. The number of carbonyl (C=O) groups is 1. The molecule has 3 aliphatic rings. The van der Waals surface area contributed by atoms with Gasteiger partial charge in [0.1, 0.15) is 12.1 Å². The molecule has 0 spiro atoms. The Morgan fingerprint density at radius 2 is 1.90 bits per heavy atom. The molecule has 6 rings (SSSR count). The maximum atomic E-state index is 11.5. The van der Waals surface area contributed by atoms with Gasteiger partial charge in [0.15, 0.2) is 17.3 Å². The zero-order valence-electron chi connectivity index (χ0n) is 23.4. The van der Waals surface area contributed by atoms with E-state index in [1.807, 2.05) is 22.9 Å². The Balaban J connectivity index is 1.29. The van der Waals surface area contributed by atoms with E-state index in [0.29, 0.717) is 48.4 Å². The number of carboxylic acids is 1. The van der Waals surface area contributed by atoms with E-state index in [1.54, 1.807) is 27.7 Å². The van der Waals surface area contributed by atoms with Crippen molar-refractivity contribution in [2.75, 3.05) is 51.2 Å². The molecule has 3 N–H and O–H groups in total. The molecule has 13 nitrogen and oxygen atoms in total. The van der Waals surface area contributed by atoms with Gasteiger partial charge < -0.3 is 39.2 Å². The lowest BCUT2D eigenvalue weighted by molar-refractivity contribution is -0.139. The molecule has 3 atom stereocenters. The van der Waals surface area contributed by atoms with Crippen molar-refractivity contribution in [1.82, 2.24) is 24.4 Å². The molecule has 2 unspecified atom stereocenters. The third-order valence-electron chi connectivity index (χ3n) is 8.24. The molecule has 1 aliphatic carbocycles. The first-order chi connectivity index (χ1) is 19.9. The first kappa shape index (κ1) is 27.1. The number of imidazole rings is 1. The molecule has 218 valence electrons. The standard InChI is InChI=1S/C28H35N7O6/c1-39-22-9-17(10-23(40-2)25(22)41-3)34-13-24(29-15-34)31-28-30-20-6-8-33(21-11-18(21)27(37)38)12-19(20)26(32-28)35-7-4-5-16(35)14-36/h9-10,13,15-16,18,21,36H,4-8,11-12,14H2,1-3H3,(H,37,38)(H,30,31,32)/t16-,18?,21?/m0/s1. The lowest BCUT2D eigenvalue weighted by Gasteiger charge is -2.33. The van der Waals surface area contributed by atoms with Gasteiger partial charge in [0.2, 0.25) is 11.7 Å². The summed E-state index contributed by atoms with van der Waals surface area (Å²) in [7, 11) is 4.71. The zero-order valence-corrected chi connectivity index (χ0v) is 23.4. The van der Waals surface area contributed by atoms with Gasteiger partial charge in [-0.2, -0.15) is 4.98 Å². The molecule has 0 amide bonds. The molecule has 2 aliphatic heterocycles. The number of hydrogen-bond donors (Lipinski definition) is 3. The average molecular weight is 566 g/mol. The highest BCUT2D eigenvalue weighted by molar-refractivity contribution is 5.74. The number of hydrogen-bond acceptors (Lipinski definition) is 11. The number of aliphatic hydroxyl groups excluding tert-OH is 1. The van der Waals surface area contributed by atoms with Crippen LogP contribution in [0.5, 0.6) is 17.2 Å². The number of nitrogens with zero attached hydrogens (tertiary/aromatic N) is 6. The van der Waals surface area contributed by atoms with Crippen molar-refractivity contribution in [1.29, 1.82) is 0 Å². The number of aliphatic carboxylic acids is 1. The number of nitrogens with one attached hydrogen (secondary N) is 1. The van der Waals surface area contributed by atoms with Gasteiger partial charge in [0, 0.05) is 49.8 Å². The highest BCUT2D eigenvalue weighted by Crippen LogP contribution is 2.41. The zero-order chi connectivity index (χ0) is 28.7. The van der Waals surface area contributed by atoms with Gasteiger partial charge in [-0.25, -0.2) is 9.97 Å². The van der Waals surface area contributed by atoms with Gasteiger partial charge in [-0.05, 0) is 19.3 Å². The predicted octanol–water partition coefficient (Wildman–Crippen LogP) is 2.22. The van der Waals surface area contributed by atoms with E-state index in [1.165, 1.54) is 0 Å². The van der Waals surface area contributed by atoms with E-state index in [9.17, 15) is 15.0 Å². The lowest BCUT2D eigenvalue weighted by Crippen LogP contribution is -2.39. The topological polar surface area (TPSA) is 147 Å². The highest BCUT2D eigenvalue weighted by Gasteiger charge is 2.48. The molecule has 2 fully saturated rings. The van der Waals surface area contributed by atoms with Crippen LogP contribution >= 0.6 is 0 Å². The van der Waals surface area contributed by atoms with Crippen LogP contribution in [0.1, 0.15) is 30.5 Å². The van der Waals surface area contributed by atoms with Crippen molar-refractivity contribution in [2.24, 2.45) is 5.92 Å². The monoisotopic (exact) mass is 565 g/mol. The number of carboxylic acid groups (broad SMARTS) is 1. The molecule has 2 aromatic heterocycles. The van der Waals surface area contributed by atoms with Crippen LogP contribution in [0.2, 0.25) is 0 Å². The lowest BCUT2D eigenvalue weighted by atomic mass is 10.0. The second-order valence-electron chi connectivity index (χ2n) is 10.6. The third-order valence-corrected chi connectivity index (χ3v) is 8.24. The number of aromatic nitrogens is 4. The van der Waals surface area contributed by atoms with Crippen LogP contribution in [0.4, 0.5) is 17.6 Å². The van der Waals surface area contributed by atoms with E-state index >= 15 is 0 Å². The number of aliphatic hydroxyl groups is 1. The smallest absolute Gasteiger partial charge is 0.308 e. The summed E-state index contributed by atoms with van der Waals surface area (Å²) < 4.78 is 18.2. The number of ether oxygens (including phenoxy) is 3. The molecular formula is C28H35N7O6. The van der Waals surface area contributed by atoms with Gasteiger partial charge in [-0.1, -0.05) is 0 Å². The number of rotatable bonds is 10. The first-order valence-corrected chi connectivity index (χ1v) is 13.8. The Morgan fingerprint density at radius 1 is 1.12 bits per heavy atom. The summed E-state index contributed by atoms with van der Waals surface area (Å²) in [6, 6.07) is 3.72. The fraction of sp³-hybridized carbons (Fsp3) is 0.500. The van der Waals surface area contributed by atoms with Gasteiger partial charge in [0.05, 0.1) is 57.5 Å². The summed E-state index contributed by atoms with van der Waals surface area (Å²) in [6.45, 7) is 2.19. The van der Waals surface area contributed by atoms with Crippen LogP contribution in [0.25, 0.3) is 5.69 Å². The minimum atomic E-state index is -0.734. The predicted molar refractivity (Wildman–Crippen MR) is 150 cm³/mol. The van der Waals surface area contributed by atoms with Crippen LogP contribution in [-0.2, 0) is 17.8 Å². The van der Waals surface area contributed by atoms with Crippen LogP contribution in [0.15, 0.2) is 24.7 Å². The molecule has 4 heterocycles. The van der Waals surface area contributed by atoms with Crippen molar-refractivity contribution >= 4 is 23.6 Å². The quantitative estimate of drug-likeness (QED) is 0.331. The summed E-state index contributed by atoms with van der Waals surface area (Å²) in [5.74, 6) is 2.33. The summed E-state index contributed by atoms with van der Waals surface area (Å²) >= 11 is 0. The molecule has 1 saturated carbocycles. The summed E-state index contributed by atoms with van der Waals surface area (Å²) in [5.41, 5.74) is 2.73. The molecule has 3 aromatic rings. The van der Waals surface area contributed by atoms with E-state index in [2.05, 4.69) is 20.1 Å². The number of anilines is 3. The van der Waals surface area contributed by atoms with Crippen molar-refractivity contribution in [3.05, 3.63) is 35.9 Å². The number of fused-ring (bicyclic) bond motifs is 1. The maximum Gasteiger partial charge on any atom is 0.308 e. The minimum absolute atomic E-state index is 0.0100. The Bertz CT molecular complexity index is 1420. The Hall–Kier alpha value is -4.10. The van der Waals surface area contributed by atoms with Crippen LogP contribution in [0, 0.1) is 5.92 Å². The molecule has 13 heteroatoms. The third kappa shape index (κ3) is 5.10. The molecule has 0 bridgehead atoms. The van der Waals surface area contributed by atoms with Gasteiger partial charge in [0.25, 0.3) is 0 Å². The van der Waals surface area contributed by atoms with E-state index in [0.717, 1.165) is 48.7 Å². The second-order valence-corrected chi connectivity index (χ2v) is 10.6. The van der Waals surface area contributed by atoms with Gasteiger partial charge in [-0.15, -0.1) is 0 Å². The van der Waals surface area contributed by atoms with Crippen molar-refractivity contribution in [3.63, 3.8) is 0 Å². The van der Waals surface area contributed by atoms with Crippen LogP contribution in [-0.4, -0.2) is 93.7 Å². The van der Waals surface area contributed by atoms with Crippen molar-refractivity contribution in [3.8, 4) is 22.9 Å². The van der Waals surface area contributed by atoms with Gasteiger partial charge in [-0.3, -0.25) is 9.69 Å². The van der Waals surface area contributed by atoms with Crippen LogP contribution in [0.3, 0.4) is 0 Å². The SMILES string of the molecule is COc1cc(-n2cnc(Nc3nc4c(c(N5CCC[C@H]5CO)n3)CN(C3CC3C(=O)O)CC4)c2)cc(OC)c1OC. The largest absolute Gasteiger partial charge is 0.493 e. The minimum Gasteiger partial charge on any atom is -0.493 e. The fourth-order valence-electron chi connectivity index (χ4n) is 6.01. The maximum absolute atomic E-state index is 11.5. The Morgan fingerprint density at radius 3 is 2.56 bits per heavy atom. The number of benzene rings is 1. The van der Waals surface area contributed by atoms with Crippen molar-refractivity contribution in [2.45, 2.75) is 44.3 Å². The van der Waals surface area contributed by atoms with Crippen molar-refractivity contribution < 1.29 is 29.2 Å². The van der Waals surface area contributed by atoms with E-state index in [4.69, 9.17) is 24.2 Å². The van der Waals surface area contributed by atoms with Crippen LogP contribution < -0.4 is 24.4 Å². The van der Waals surface area contributed by atoms with E-state index in [-0.39, 0.29) is 24.6 Å². The molecule has 0 radical (unpaired) electrons. The first-order valence-electron chi connectivity index (χ1n) is 13.8. The Labute approximate surface area is 237 Å².